The van der Waals surface area contributed by atoms with Crippen LogP contribution in [0.3, 0.4) is 0 Å². The number of hydrogen-bond donors (Lipinski definition) is 1. The van der Waals surface area contributed by atoms with Crippen LogP contribution in [0, 0.1) is 0 Å². The molecule has 0 fully saturated rings. The molecule has 0 saturated carbocycles. The van der Waals surface area contributed by atoms with E-state index in [9.17, 15) is 0 Å². The second-order valence-electron chi connectivity index (χ2n) is 4.63. The second-order valence-corrected chi connectivity index (χ2v) is 5.49. The molecular formula is C15H20N2OS. The number of nitrogens with two attached hydrogens (primary N) is 1. The first-order valence-electron chi connectivity index (χ1n) is 6.52. The van der Waals surface area contributed by atoms with Crippen LogP contribution in [0.1, 0.15) is 31.7 Å². The van der Waals surface area contributed by atoms with Gasteiger partial charge in [-0.3, -0.25) is 0 Å². The van der Waals surface area contributed by atoms with Gasteiger partial charge in [0.2, 0.25) is 0 Å². The number of aromatic nitrogens is 1. The Balaban J connectivity index is 2.35. The monoisotopic (exact) mass is 276 g/mol. The number of hydrogen-bond acceptors (Lipinski definition) is 4. The summed E-state index contributed by atoms with van der Waals surface area (Å²) in [6, 6.07) is 7.94. The number of thiazole rings is 1. The van der Waals surface area contributed by atoms with E-state index in [0.717, 1.165) is 34.9 Å². The van der Waals surface area contributed by atoms with E-state index >= 15 is 0 Å². The average molecular weight is 276 g/mol. The molecule has 4 heteroatoms. The third kappa shape index (κ3) is 2.80. The van der Waals surface area contributed by atoms with Gasteiger partial charge in [-0.05, 0) is 25.0 Å². The minimum atomic E-state index is -0.304. The van der Waals surface area contributed by atoms with Crippen LogP contribution in [-0.4, -0.2) is 12.1 Å². The van der Waals surface area contributed by atoms with Crippen LogP contribution in [0.25, 0.3) is 11.3 Å². The third-order valence-electron chi connectivity index (χ3n) is 3.56. The van der Waals surface area contributed by atoms with Gasteiger partial charge >= 0.3 is 0 Å². The van der Waals surface area contributed by atoms with Crippen LogP contribution in [0.5, 0.6) is 5.75 Å². The fraction of sp³-hybridized carbons (Fsp3) is 0.400. The van der Waals surface area contributed by atoms with Gasteiger partial charge in [0.25, 0.3) is 0 Å². The summed E-state index contributed by atoms with van der Waals surface area (Å²) >= 11 is 1.64. The normalized spacial score (nSPS) is 11.6. The molecule has 0 aliphatic carbocycles. The molecule has 102 valence electrons. The van der Waals surface area contributed by atoms with Gasteiger partial charge in [-0.15, -0.1) is 11.3 Å². The molecule has 0 saturated heterocycles. The number of methoxy groups -OCH3 is 1. The van der Waals surface area contributed by atoms with E-state index in [4.69, 9.17) is 15.5 Å². The Kier molecular flexibility index (Phi) is 4.22. The SMILES string of the molecule is CCC(N)(CC)c1nc(-c2cccc(OC)c2)cs1. The van der Waals surface area contributed by atoms with Crippen molar-refractivity contribution in [1.82, 2.24) is 4.98 Å². The van der Waals surface area contributed by atoms with Crippen molar-refractivity contribution < 1.29 is 4.74 Å². The van der Waals surface area contributed by atoms with E-state index in [1.54, 1.807) is 18.4 Å². The lowest BCUT2D eigenvalue weighted by atomic mass is 9.95. The molecule has 0 amide bonds. The second kappa shape index (κ2) is 5.72. The molecular weight excluding hydrogens is 256 g/mol. The highest BCUT2D eigenvalue weighted by Gasteiger charge is 2.26. The third-order valence-corrected chi connectivity index (χ3v) is 4.62. The lowest BCUT2D eigenvalue weighted by molar-refractivity contribution is 0.411. The van der Waals surface area contributed by atoms with Crippen LogP contribution < -0.4 is 10.5 Å². The first-order valence-corrected chi connectivity index (χ1v) is 7.40. The Hall–Kier alpha value is -1.39. The fourth-order valence-corrected chi connectivity index (χ4v) is 3.06. The molecule has 0 radical (unpaired) electrons. The number of benzene rings is 1. The predicted molar refractivity (Wildman–Crippen MR) is 80.5 cm³/mol. The summed E-state index contributed by atoms with van der Waals surface area (Å²) < 4.78 is 5.24. The summed E-state index contributed by atoms with van der Waals surface area (Å²) in [5.41, 5.74) is 8.12. The molecule has 0 bridgehead atoms. The molecule has 3 nitrogen and oxygen atoms in total. The molecule has 2 N–H and O–H groups in total. The minimum absolute atomic E-state index is 0.304. The molecule has 1 aromatic carbocycles. The van der Waals surface area contributed by atoms with Crippen molar-refractivity contribution >= 4 is 11.3 Å². The minimum Gasteiger partial charge on any atom is -0.497 e. The Morgan fingerprint density at radius 3 is 2.68 bits per heavy atom. The first kappa shape index (κ1) is 14.0. The lowest BCUT2D eigenvalue weighted by Gasteiger charge is -2.23. The number of rotatable bonds is 5. The highest BCUT2D eigenvalue weighted by Crippen LogP contribution is 2.32. The Morgan fingerprint density at radius 1 is 1.32 bits per heavy atom. The van der Waals surface area contributed by atoms with Crippen molar-refractivity contribution in [3.63, 3.8) is 0 Å². The summed E-state index contributed by atoms with van der Waals surface area (Å²) in [4.78, 5) is 4.71. The van der Waals surface area contributed by atoms with Crippen LogP contribution in [0.4, 0.5) is 0 Å². The van der Waals surface area contributed by atoms with Crippen molar-refractivity contribution in [3.05, 3.63) is 34.7 Å². The maximum absolute atomic E-state index is 6.39. The van der Waals surface area contributed by atoms with Crippen molar-refractivity contribution in [1.29, 1.82) is 0 Å². The van der Waals surface area contributed by atoms with Gasteiger partial charge in [-0.25, -0.2) is 4.98 Å². The summed E-state index contributed by atoms with van der Waals surface area (Å²) in [7, 11) is 1.67. The van der Waals surface area contributed by atoms with Crippen LogP contribution in [-0.2, 0) is 5.54 Å². The zero-order valence-electron chi connectivity index (χ0n) is 11.6. The topological polar surface area (TPSA) is 48.1 Å². The van der Waals surface area contributed by atoms with E-state index in [1.807, 2.05) is 24.3 Å². The highest BCUT2D eigenvalue weighted by atomic mass is 32.1. The van der Waals surface area contributed by atoms with Crippen molar-refractivity contribution in [3.8, 4) is 17.0 Å². The number of nitrogens with zero attached hydrogens (tertiary/aromatic N) is 1. The van der Waals surface area contributed by atoms with Gasteiger partial charge in [-0.2, -0.15) is 0 Å². The van der Waals surface area contributed by atoms with Crippen molar-refractivity contribution in [2.45, 2.75) is 32.2 Å². The molecule has 1 heterocycles. The van der Waals surface area contributed by atoms with Gasteiger partial charge < -0.3 is 10.5 Å². The average Bonchev–Trinajstić information content (AvgIpc) is 2.97. The summed E-state index contributed by atoms with van der Waals surface area (Å²) in [6.45, 7) is 4.21. The molecule has 2 aromatic rings. The maximum Gasteiger partial charge on any atom is 0.119 e. The molecule has 0 aliphatic heterocycles. The van der Waals surface area contributed by atoms with Gasteiger partial charge in [0, 0.05) is 10.9 Å². The van der Waals surface area contributed by atoms with Crippen molar-refractivity contribution in [2.75, 3.05) is 7.11 Å². The molecule has 2 rings (SSSR count). The van der Waals surface area contributed by atoms with E-state index in [0.29, 0.717) is 0 Å². The number of ether oxygens (including phenoxy) is 1. The molecule has 0 unspecified atom stereocenters. The van der Waals surface area contributed by atoms with E-state index < -0.39 is 0 Å². The molecule has 19 heavy (non-hydrogen) atoms. The zero-order chi connectivity index (χ0) is 13.9. The van der Waals surface area contributed by atoms with E-state index in [1.165, 1.54) is 0 Å². The predicted octanol–water partition coefficient (Wildman–Crippen LogP) is 3.79. The van der Waals surface area contributed by atoms with Crippen molar-refractivity contribution in [2.24, 2.45) is 5.73 Å². The molecule has 0 aliphatic rings. The highest BCUT2D eigenvalue weighted by molar-refractivity contribution is 7.10. The molecule has 0 spiro atoms. The quantitative estimate of drug-likeness (QED) is 0.903. The van der Waals surface area contributed by atoms with E-state index in [2.05, 4.69) is 19.2 Å². The Labute approximate surface area is 118 Å². The summed E-state index contributed by atoms with van der Waals surface area (Å²) in [5, 5.41) is 3.08. The van der Waals surface area contributed by atoms with Crippen LogP contribution in [0.2, 0.25) is 0 Å². The lowest BCUT2D eigenvalue weighted by Crippen LogP contribution is -2.34. The smallest absolute Gasteiger partial charge is 0.119 e. The Bertz CT molecular complexity index is 547. The van der Waals surface area contributed by atoms with Gasteiger partial charge in [-0.1, -0.05) is 26.0 Å². The zero-order valence-corrected chi connectivity index (χ0v) is 12.5. The summed E-state index contributed by atoms with van der Waals surface area (Å²) in [5.74, 6) is 0.844. The van der Waals surface area contributed by atoms with Crippen LogP contribution >= 0.6 is 11.3 Å². The summed E-state index contributed by atoms with van der Waals surface area (Å²) in [6.07, 6.45) is 1.79. The standard InChI is InChI=1S/C15H20N2OS/c1-4-15(16,5-2)14-17-13(10-19-14)11-7-6-8-12(9-11)18-3/h6-10H,4-5,16H2,1-3H3. The largest absolute Gasteiger partial charge is 0.497 e. The van der Waals surface area contributed by atoms with Gasteiger partial charge in [0.15, 0.2) is 0 Å². The molecule has 0 atom stereocenters. The molecule has 1 aromatic heterocycles. The van der Waals surface area contributed by atoms with Crippen LogP contribution in [0.15, 0.2) is 29.6 Å². The Morgan fingerprint density at radius 2 is 2.05 bits per heavy atom. The van der Waals surface area contributed by atoms with E-state index in [-0.39, 0.29) is 5.54 Å². The first-order chi connectivity index (χ1) is 9.12. The fourth-order valence-electron chi connectivity index (χ4n) is 1.97. The van der Waals surface area contributed by atoms with Gasteiger partial charge in [0.1, 0.15) is 10.8 Å². The maximum atomic E-state index is 6.39. The van der Waals surface area contributed by atoms with Gasteiger partial charge in [0.05, 0.1) is 18.3 Å².